The molecule has 3 nitrogen and oxygen atoms in total. The zero-order chi connectivity index (χ0) is 11.3. The van der Waals surface area contributed by atoms with E-state index in [1.807, 2.05) is 0 Å². The zero-order valence-corrected chi connectivity index (χ0v) is 7.90. The Morgan fingerprint density at radius 2 is 2.00 bits per heavy atom. The first-order valence-electron chi connectivity index (χ1n) is 4.22. The molecule has 0 fully saturated rings. The van der Waals surface area contributed by atoms with Gasteiger partial charge in [-0.1, -0.05) is 6.58 Å². The van der Waals surface area contributed by atoms with Gasteiger partial charge in [0.1, 0.15) is 17.9 Å². The second kappa shape index (κ2) is 5.05. The van der Waals surface area contributed by atoms with Crippen LogP contribution in [0.25, 0.3) is 0 Å². The van der Waals surface area contributed by atoms with Crippen LogP contribution in [0.5, 0.6) is 5.75 Å². The Kier molecular flexibility index (Phi) is 3.74. The summed E-state index contributed by atoms with van der Waals surface area (Å²) in [5.74, 6) is -0.885. The van der Waals surface area contributed by atoms with Crippen molar-refractivity contribution in [1.82, 2.24) is 0 Å². The first kappa shape index (κ1) is 11.1. The molecule has 0 aliphatic carbocycles. The van der Waals surface area contributed by atoms with E-state index in [0.717, 1.165) is 0 Å². The molecule has 1 rings (SSSR count). The smallest absolute Gasteiger partial charge is 0.339 e. The minimum absolute atomic E-state index is 0.0642. The molecule has 15 heavy (non-hydrogen) atoms. The Hall–Kier alpha value is -1.97. The van der Waals surface area contributed by atoms with E-state index in [2.05, 4.69) is 6.58 Å². The number of rotatable bonds is 4. The fourth-order valence-electron chi connectivity index (χ4n) is 0.866. The SMILES string of the molecule is C=C(CC=O)C(=O)Oc1ccc(F)cc1. The van der Waals surface area contributed by atoms with Crippen LogP contribution in [0.4, 0.5) is 4.39 Å². The number of benzene rings is 1. The highest BCUT2D eigenvalue weighted by molar-refractivity contribution is 5.92. The third kappa shape index (κ3) is 3.34. The molecule has 1 aromatic rings. The molecule has 0 aliphatic heterocycles. The van der Waals surface area contributed by atoms with Gasteiger partial charge in [0.05, 0.1) is 0 Å². The van der Waals surface area contributed by atoms with Crippen LogP contribution in [0.15, 0.2) is 36.4 Å². The van der Waals surface area contributed by atoms with Gasteiger partial charge in [-0.25, -0.2) is 9.18 Å². The average molecular weight is 208 g/mol. The van der Waals surface area contributed by atoms with Gasteiger partial charge in [0.25, 0.3) is 0 Å². The number of aldehydes is 1. The summed E-state index contributed by atoms with van der Waals surface area (Å²) in [7, 11) is 0. The molecule has 78 valence electrons. The summed E-state index contributed by atoms with van der Waals surface area (Å²) < 4.78 is 17.3. The van der Waals surface area contributed by atoms with Gasteiger partial charge in [0, 0.05) is 12.0 Å². The van der Waals surface area contributed by atoms with Crippen molar-refractivity contribution in [3.8, 4) is 5.75 Å². The first-order valence-corrected chi connectivity index (χ1v) is 4.22. The molecule has 4 heteroatoms. The highest BCUT2D eigenvalue weighted by atomic mass is 19.1. The maximum atomic E-state index is 12.5. The molecular formula is C11H9FO3. The topological polar surface area (TPSA) is 43.4 Å². The number of hydrogen-bond donors (Lipinski definition) is 0. The predicted octanol–water partition coefficient (Wildman–Crippen LogP) is 1.88. The van der Waals surface area contributed by atoms with E-state index in [1.54, 1.807) is 0 Å². The Balaban J connectivity index is 2.62. The quantitative estimate of drug-likeness (QED) is 0.328. The van der Waals surface area contributed by atoms with Crippen molar-refractivity contribution >= 4 is 12.3 Å². The summed E-state index contributed by atoms with van der Waals surface area (Å²) in [4.78, 5) is 21.3. The Labute approximate surface area is 86.2 Å². The number of carbonyl (C=O) groups excluding carboxylic acids is 2. The standard InChI is InChI=1S/C11H9FO3/c1-8(6-7-13)11(14)15-10-4-2-9(12)3-5-10/h2-5,7H,1,6H2. The maximum Gasteiger partial charge on any atom is 0.339 e. The number of esters is 1. The lowest BCUT2D eigenvalue weighted by Gasteiger charge is -2.03. The molecule has 0 heterocycles. The van der Waals surface area contributed by atoms with E-state index in [9.17, 15) is 14.0 Å². The predicted molar refractivity (Wildman–Crippen MR) is 51.9 cm³/mol. The van der Waals surface area contributed by atoms with Crippen LogP contribution >= 0.6 is 0 Å². The van der Waals surface area contributed by atoms with Gasteiger partial charge >= 0.3 is 5.97 Å². The highest BCUT2D eigenvalue weighted by Crippen LogP contribution is 2.13. The monoisotopic (exact) mass is 208 g/mol. The lowest BCUT2D eigenvalue weighted by atomic mass is 10.2. The van der Waals surface area contributed by atoms with Crippen molar-refractivity contribution in [2.24, 2.45) is 0 Å². The van der Waals surface area contributed by atoms with Crippen LogP contribution in [-0.2, 0) is 9.59 Å². The maximum absolute atomic E-state index is 12.5. The van der Waals surface area contributed by atoms with Crippen LogP contribution < -0.4 is 4.74 Å². The molecular weight excluding hydrogens is 199 g/mol. The molecule has 0 N–H and O–H groups in total. The molecule has 0 amide bonds. The minimum atomic E-state index is -0.686. The third-order valence-electron chi connectivity index (χ3n) is 1.64. The Morgan fingerprint density at radius 1 is 1.40 bits per heavy atom. The van der Waals surface area contributed by atoms with Crippen LogP contribution in [-0.4, -0.2) is 12.3 Å². The van der Waals surface area contributed by atoms with Crippen molar-refractivity contribution in [2.75, 3.05) is 0 Å². The van der Waals surface area contributed by atoms with Gasteiger partial charge < -0.3 is 9.53 Å². The summed E-state index contributed by atoms with van der Waals surface area (Å²) in [5.41, 5.74) is 0.0642. The van der Waals surface area contributed by atoms with E-state index in [0.29, 0.717) is 6.29 Å². The van der Waals surface area contributed by atoms with Crippen molar-refractivity contribution in [3.63, 3.8) is 0 Å². The molecule has 0 unspecified atom stereocenters. The Morgan fingerprint density at radius 3 is 2.53 bits per heavy atom. The normalized spacial score (nSPS) is 9.40. The van der Waals surface area contributed by atoms with Crippen LogP contribution in [0, 0.1) is 5.82 Å². The lowest BCUT2D eigenvalue weighted by molar-refractivity contribution is -0.130. The molecule has 0 aromatic heterocycles. The molecule has 0 saturated heterocycles. The van der Waals surface area contributed by atoms with Gasteiger partial charge in [-0.05, 0) is 24.3 Å². The molecule has 0 spiro atoms. The zero-order valence-electron chi connectivity index (χ0n) is 7.90. The van der Waals surface area contributed by atoms with E-state index < -0.39 is 11.8 Å². The molecule has 1 aromatic carbocycles. The average Bonchev–Trinajstić information content (AvgIpc) is 2.22. The summed E-state index contributed by atoms with van der Waals surface area (Å²) >= 11 is 0. The van der Waals surface area contributed by atoms with E-state index in [-0.39, 0.29) is 17.7 Å². The van der Waals surface area contributed by atoms with Crippen molar-refractivity contribution in [3.05, 3.63) is 42.2 Å². The minimum Gasteiger partial charge on any atom is -0.423 e. The summed E-state index contributed by atoms with van der Waals surface area (Å²) in [6.07, 6.45) is 0.494. The van der Waals surface area contributed by atoms with Gasteiger partial charge in [-0.2, -0.15) is 0 Å². The molecule has 0 atom stereocenters. The summed E-state index contributed by atoms with van der Waals surface area (Å²) in [6, 6.07) is 4.99. The van der Waals surface area contributed by atoms with Crippen molar-refractivity contribution in [1.29, 1.82) is 0 Å². The second-order valence-electron chi connectivity index (χ2n) is 2.82. The largest absolute Gasteiger partial charge is 0.423 e. The molecule has 0 saturated carbocycles. The second-order valence-corrected chi connectivity index (χ2v) is 2.82. The van der Waals surface area contributed by atoms with E-state index in [1.165, 1.54) is 24.3 Å². The highest BCUT2D eigenvalue weighted by Gasteiger charge is 2.08. The van der Waals surface area contributed by atoms with Gasteiger partial charge in [0.15, 0.2) is 0 Å². The number of carbonyl (C=O) groups is 2. The van der Waals surface area contributed by atoms with Crippen LogP contribution in [0.1, 0.15) is 6.42 Å². The van der Waals surface area contributed by atoms with Gasteiger partial charge in [-0.3, -0.25) is 0 Å². The molecule has 0 bridgehead atoms. The lowest BCUT2D eigenvalue weighted by Crippen LogP contribution is -2.10. The fourth-order valence-corrected chi connectivity index (χ4v) is 0.866. The van der Waals surface area contributed by atoms with Crippen molar-refractivity contribution < 1.29 is 18.7 Å². The molecule has 0 radical (unpaired) electrons. The van der Waals surface area contributed by atoms with Crippen LogP contribution in [0.2, 0.25) is 0 Å². The summed E-state index contributed by atoms with van der Waals surface area (Å²) in [5, 5.41) is 0. The van der Waals surface area contributed by atoms with E-state index in [4.69, 9.17) is 4.74 Å². The number of halogens is 1. The van der Waals surface area contributed by atoms with Crippen molar-refractivity contribution in [2.45, 2.75) is 6.42 Å². The fraction of sp³-hybridized carbons (Fsp3) is 0.0909. The summed E-state index contributed by atoms with van der Waals surface area (Å²) in [6.45, 7) is 3.38. The van der Waals surface area contributed by atoms with Crippen LogP contribution in [0.3, 0.4) is 0 Å². The van der Waals surface area contributed by atoms with Gasteiger partial charge in [-0.15, -0.1) is 0 Å². The van der Waals surface area contributed by atoms with E-state index >= 15 is 0 Å². The van der Waals surface area contributed by atoms with Gasteiger partial charge in [0.2, 0.25) is 0 Å². The number of hydrogen-bond acceptors (Lipinski definition) is 3. The number of ether oxygens (including phenoxy) is 1. The Bertz CT molecular complexity index is 381. The molecule has 0 aliphatic rings. The third-order valence-corrected chi connectivity index (χ3v) is 1.64. The first-order chi connectivity index (χ1) is 7.13.